The summed E-state index contributed by atoms with van der Waals surface area (Å²) in [4.78, 5) is 39.6. The molecule has 0 aliphatic rings. The number of carbonyl (C=O) groups is 3. The van der Waals surface area contributed by atoms with Gasteiger partial charge >= 0.3 is 11.9 Å². The Balaban J connectivity index is 1.45. The van der Waals surface area contributed by atoms with Crippen molar-refractivity contribution in [2.45, 2.75) is 38.1 Å². The van der Waals surface area contributed by atoms with Gasteiger partial charge in [-0.2, -0.15) is 0 Å². The molecule has 0 heterocycles. The van der Waals surface area contributed by atoms with E-state index in [1.807, 2.05) is 60.7 Å². The first-order valence-electron chi connectivity index (χ1n) is 15.8. The Morgan fingerprint density at radius 1 is 0.580 bits per heavy atom. The molecule has 0 radical (unpaired) electrons. The highest BCUT2D eigenvalue weighted by molar-refractivity contribution is 6.16. The molecule has 0 aliphatic carbocycles. The van der Waals surface area contributed by atoms with Gasteiger partial charge in [0.2, 0.25) is 11.9 Å². The van der Waals surface area contributed by atoms with Crippen LogP contribution >= 0.6 is 0 Å². The lowest BCUT2D eigenvalue weighted by molar-refractivity contribution is -0.203. The highest BCUT2D eigenvalue weighted by Gasteiger charge is 2.57. The summed E-state index contributed by atoms with van der Waals surface area (Å²) in [6.45, 7) is -0.111. The van der Waals surface area contributed by atoms with E-state index in [-0.39, 0.29) is 26.4 Å². The van der Waals surface area contributed by atoms with Crippen LogP contribution in [0.2, 0.25) is 0 Å². The lowest BCUT2D eigenvalue weighted by Gasteiger charge is -2.32. The van der Waals surface area contributed by atoms with Crippen molar-refractivity contribution < 1.29 is 43.5 Å². The second-order valence-corrected chi connectivity index (χ2v) is 11.3. The molecule has 0 aromatic heterocycles. The minimum Gasteiger partial charge on any atom is -0.485 e. The normalized spacial score (nSPS) is 12.9. The standard InChI is InChI=1S/C41H36O9/c42-37(41(40(45)46,50-29-34-19-11-4-12-20-34)38(39(43)44)49-28-33-17-9-3-10-18-33)24-22-30-21-23-35(47-26-31-13-5-1-6-14-31)36(25-30)48-27-32-15-7-2-8-16-32/h1-25,38H,26-29H2,(H,43,44)(H,45,46)/t38-,41+/m0/s1. The number of carboxylic acid groups (broad SMARTS) is 2. The van der Waals surface area contributed by atoms with E-state index >= 15 is 0 Å². The first kappa shape index (κ1) is 35.3. The molecule has 254 valence electrons. The second kappa shape index (κ2) is 17.4. The molecule has 0 saturated heterocycles. The minimum atomic E-state index is -2.93. The molecule has 9 heteroatoms. The van der Waals surface area contributed by atoms with Gasteiger partial charge in [0, 0.05) is 0 Å². The molecule has 0 bridgehead atoms. The summed E-state index contributed by atoms with van der Waals surface area (Å²) in [5.41, 5.74) is 0.537. The average molecular weight is 673 g/mol. The van der Waals surface area contributed by atoms with Crippen molar-refractivity contribution >= 4 is 23.8 Å². The van der Waals surface area contributed by atoms with Crippen LogP contribution in [0.1, 0.15) is 27.8 Å². The molecular formula is C41H36O9. The zero-order valence-corrected chi connectivity index (χ0v) is 27.1. The molecule has 2 N–H and O–H groups in total. The molecule has 0 unspecified atom stereocenters. The Hall–Kier alpha value is -6.03. The van der Waals surface area contributed by atoms with Gasteiger partial charge < -0.3 is 29.2 Å². The number of ketones is 1. The van der Waals surface area contributed by atoms with E-state index in [2.05, 4.69) is 0 Å². The fourth-order valence-corrected chi connectivity index (χ4v) is 5.07. The van der Waals surface area contributed by atoms with Gasteiger partial charge in [-0.25, -0.2) is 9.59 Å². The van der Waals surface area contributed by atoms with Crippen molar-refractivity contribution in [3.05, 3.63) is 173 Å². The molecule has 5 aromatic rings. The summed E-state index contributed by atoms with van der Waals surface area (Å²) >= 11 is 0. The molecule has 0 aliphatic heterocycles. The van der Waals surface area contributed by atoms with Crippen molar-refractivity contribution in [1.82, 2.24) is 0 Å². The predicted octanol–water partition coefficient (Wildman–Crippen LogP) is 7.14. The van der Waals surface area contributed by atoms with Crippen molar-refractivity contribution in [2.24, 2.45) is 0 Å². The van der Waals surface area contributed by atoms with E-state index in [4.69, 9.17) is 18.9 Å². The molecule has 9 nitrogen and oxygen atoms in total. The lowest BCUT2D eigenvalue weighted by atomic mass is 9.89. The number of aliphatic carboxylic acids is 2. The zero-order chi connectivity index (χ0) is 35.2. The molecule has 0 saturated carbocycles. The molecular weight excluding hydrogens is 636 g/mol. The van der Waals surface area contributed by atoms with Crippen molar-refractivity contribution in [1.29, 1.82) is 0 Å². The summed E-state index contributed by atoms with van der Waals surface area (Å²) < 4.78 is 23.7. The summed E-state index contributed by atoms with van der Waals surface area (Å²) in [6.07, 6.45) is 0.166. The maximum Gasteiger partial charge on any atom is 0.347 e. The Labute approximate surface area is 290 Å². The molecule has 5 aromatic carbocycles. The Kier molecular flexibility index (Phi) is 12.3. The Morgan fingerprint density at radius 2 is 1.04 bits per heavy atom. The van der Waals surface area contributed by atoms with Crippen LogP contribution in [-0.2, 0) is 50.3 Å². The summed E-state index contributed by atoms with van der Waals surface area (Å²) in [7, 11) is 0. The molecule has 5 rings (SSSR count). The molecule has 0 spiro atoms. The third-order valence-electron chi connectivity index (χ3n) is 7.72. The molecule has 2 atom stereocenters. The second-order valence-electron chi connectivity index (χ2n) is 11.3. The number of ether oxygens (including phenoxy) is 4. The Morgan fingerprint density at radius 3 is 1.52 bits per heavy atom. The summed E-state index contributed by atoms with van der Waals surface area (Å²) in [5, 5.41) is 20.8. The molecule has 50 heavy (non-hydrogen) atoms. The van der Waals surface area contributed by atoms with Gasteiger partial charge in [-0.15, -0.1) is 0 Å². The van der Waals surface area contributed by atoms with Gasteiger partial charge in [-0.3, -0.25) is 4.79 Å². The van der Waals surface area contributed by atoms with Gasteiger partial charge in [0.15, 0.2) is 11.5 Å². The Bertz CT molecular complexity index is 1880. The smallest absolute Gasteiger partial charge is 0.347 e. The zero-order valence-electron chi connectivity index (χ0n) is 27.1. The fraction of sp³-hybridized carbons (Fsp3) is 0.146. The van der Waals surface area contributed by atoms with E-state index in [9.17, 15) is 24.6 Å². The maximum absolute atomic E-state index is 14.0. The molecule has 0 amide bonds. The van der Waals surface area contributed by atoms with Crippen molar-refractivity contribution in [3.8, 4) is 11.5 Å². The van der Waals surface area contributed by atoms with Crippen LogP contribution in [0, 0.1) is 0 Å². The van der Waals surface area contributed by atoms with Crippen LogP contribution in [0.4, 0.5) is 0 Å². The highest BCUT2D eigenvalue weighted by Crippen LogP contribution is 2.32. The number of hydrogen-bond donors (Lipinski definition) is 2. The van der Waals surface area contributed by atoms with E-state index in [0.29, 0.717) is 28.2 Å². The molecule has 0 fully saturated rings. The first-order valence-corrected chi connectivity index (χ1v) is 15.8. The van der Waals surface area contributed by atoms with Crippen LogP contribution < -0.4 is 9.47 Å². The van der Waals surface area contributed by atoms with Crippen molar-refractivity contribution in [2.75, 3.05) is 0 Å². The average Bonchev–Trinajstić information content (AvgIpc) is 3.15. The van der Waals surface area contributed by atoms with E-state index < -0.39 is 29.4 Å². The lowest BCUT2D eigenvalue weighted by Crippen LogP contribution is -2.61. The summed E-state index contributed by atoms with van der Waals surface area (Å²) in [5.74, 6) is -3.76. The number of carboxylic acids is 2. The van der Waals surface area contributed by atoms with Crippen LogP contribution in [0.5, 0.6) is 11.5 Å². The van der Waals surface area contributed by atoms with Crippen LogP contribution in [-0.4, -0.2) is 39.6 Å². The van der Waals surface area contributed by atoms with Gasteiger partial charge in [0.25, 0.3) is 5.60 Å². The van der Waals surface area contributed by atoms with Crippen LogP contribution in [0.25, 0.3) is 6.08 Å². The highest BCUT2D eigenvalue weighted by atomic mass is 16.6. The van der Waals surface area contributed by atoms with Crippen LogP contribution in [0.3, 0.4) is 0 Å². The SMILES string of the molecule is O=C(O)[C@H](OCc1ccccc1)[C@@](OCc1ccccc1)(C(=O)O)C(=O)C=Cc1ccc(OCc2ccccc2)c(OCc2ccccc2)c1. The topological polar surface area (TPSA) is 129 Å². The van der Waals surface area contributed by atoms with E-state index in [1.54, 1.807) is 78.9 Å². The quantitative estimate of drug-likeness (QED) is 0.0738. The number of carbonyl (C=O) groups excluding carboxylic acids is 1. The number of hydrogen-bond acceptors (Lipinski definition) is 7. The fourth-order valence-electron chi connectivity index (χ4n) is 5.07. The minimum absolute atomic E-state index is 0.239. The predicted molar refractivity (Wildman–Crippen MR) is 186 cm³/mol. The third-order valence-corrected chi connectivity index (χ3v) is 7.72. The van der Waals surface area contributed by atoms with Gasteiger partial charge in [0.1, 0.15) is 13.2 Å². The van der Waals surface area contributed by atoms with Gasteiger partial charge in [-0.05, 0) is 46.0 Å². The van der Waals surface area contributed by atoms with Gasteiger partial charge in [0.05, 0.1) is 13.2 Å². The summed E-state index contributed by atoms with van der Waals surface area (Å²) in [6, 6.07) is 41.4. The van der Waals surface area contributed by atoms with E-state index in [1.165, 1.54) is 6.08 Å². The van der Waals surface area contributed by atoms with Gasteiger partial charge in [-0.1, -0.05) is 133 Å². The largest absolute Gasteiger partial charge is 0.485 e. The van der Waals surface area contributed by atoms with Crippen molar-refractivity contribution in [3.63, 3.8) is 0 Å². The maximum atomic E-state index is 14.0. The van der Waals surface area contributed by atoms with Crippen LogP contribution in [0.15, 0.2) is 146 Å². The third kappa shape index (κ3) is 9.31. The monoisotopic (exact) mass is 672 g/mol. The number of rotatable bonds is 18. The first-order chi connectivity index (χ1) is 24.3. The number of benzene rings is 5. The van der Waals surface area contributed by atoms with E-state index in [0.717, 1.165) is 17.2 Å².